The summed E-state index contributed by atoms with van der Waals surface area (Å²) in [6.07, 6.45) is 6.56. The lowest BCUT2D eigenvalue weighted by Gasteiger charge is -2.25. The molecule has 0 unspecified atom stereocenters. The van der Waals surface area contributed by atoms with Gasteiger partial charge in [-0.15, -0.1) is 0 Å². The number of carbonyl (C=O) groups is 1. The van der Waals surface area contributed by atoms with Crippen LogP contribution >= 0.6 is 0 Å². The van der Waals surface area contributed by atoms with Gasteiger partial charge >= 0.3 is 0 Å². The number of benzene rings is 1. The van der Waals surface area contributed by atoms with Crippen molar-refractivity contribution in [1.29, 1.82) is 0 Å². The van der Waals surface area contributed by atoms with Gasteiger partial charge in [-0.2, -0.15) is 0 Å². The number of aryl methyl sites for hydroxylation is 1. The summed E-state index contributed by atoms with van der Waals surface area (Å²) in [4.78, 5) is 16.1. The average Bonchev–Trinajstić information content (AvgIpc) is 3.10. The van der Waals surface area contributed by atoms with Crippen LogP contribution < -0.4 is 10.1 Å². The summed E-state index contributed by atoms with van der Waals surface area (Å²) < 4.78 is 13.2. The van der Waals surface area contributed by atoms with Gasteiger partial charge in [0.2, 0.25) is 0 Å². The molecule has 1 aliphatic heterocycles. The molecule has 0 fully saturated rings. The molecule has 122 valence electrons. The molecule has 1 aliphatic rings. The second kappa shape index (κ2) is 7.78. The van der Waals surface area contributed by atoms with Crippen molar-refractivity contribution in [3.8, 4) is 5.75 Å². The molecule has 1 aromatic carbocycles. The quantitative estimate of drug-likeness (QED) is 0.785. The number of fused-ring (bicyclic) bond motifs is 1. The highest BCUT2D eigenvalue weighted by atomic mass is 16.5. The molecule has 3 rings (SSSR count). The van der Waals surface area contributed by atoms with Gasteiger partial charge in [0.1, 0.15) is 5.75 Å². The Kier molecular flexibility index (Phi) is 5.26. The van der Waals surface area contributed by atoms with E-state index in [2.05, 4.69) is 10.3 Å². The number of para-hydroxylation sites is 1. The van der Waals surface area contributed by atoms with E-state index in [0.717, 1.165) is 18.7 Å². The molecule has 6 nitrogen and oxygen atoms in total. The van der Waals surface area contributed by atoms with E-state index in [-0.39, 0.29) is 5.91 Å². The number of hydrogen-bond acceptors (Lipinski definition) is 4. The van der Waals surface area contributed by atoms with E-state index in [0.29, 0.717) is 26.2 Å². The van der Waals surface area contributed by atoms with Crippen LogP contribution in [0.25, 0.3) is 0 Å². The van der Waals surface area contributed by atoms with Crippen LogP contribution in [-0.2, 0) is 22.5 Å². The summed E-state index contributed by atoms with van der Waals surface area (Å²) in [6, 6.07) is 7.86. The van der Waals surface area contributed by atoms with Crippen molar-refractivity contribution < 1.29 is 14.3 Å². The molecule has 0 aliphatic carbocycles. The van der Waals surface area contributed by atoms with Crippen LogP contribution in [0.5, 0.6) is 5.75 Å². The molecule has 23 heavy (non-hydrogen) atoms. The smallest absolute Gasteiger partial charge is 0.261 e. The minimum absolute atomic E-state index is 0.0716. The Bertz CT molecular complexity index is 628. The number of amides is 1. The van der Waals surface area contributed by atoms with Gasteiger partial charge in [-0.1, -0.05) is 18.2 Å². The largest absolute Gasteiger partial charge is 0.480 e. The molecule has 0 saturated heterocycles. The zero-order valence-electron chi connectivity index (χ0n) is 13.0. The van der Waals surface area contributed by atoms with E-state index in [9.17, 15) is 4.79 Å². The van der Waals surface area contributed by atoms with Gasteiger partial charge in [-0.25, -0.2) is 4.98 Å². The third-order valence-electron chi connectivity index (χ3n) is 3.81. The number of rotatable bonds is 7. The highest BCUT2D eigenvalue weighted by molar-refractivity contribution is 5.81. The molecular formula is C17H21N3O3. The van der Waals surface area contributed by atoms with Crippen LogP contribution in [0.15, 0.2) is 43.0 Å². The molecule has 0 radical (unpaired) electrons. The molecule has 6 heteroatoms. The van der Waals surface area contributed by atoms with Gasteiger partial charge in [-0.3, -0.25) is 4.79 Å². The summed E-state index contributed by atoms with van der Waals surface area (Å²) in [5, 5.41) is 2.87. The molecule has 0 saturated carbocycles. The van der Waals surface area contributed by atoms with E-state index in [1.807, 2.05) is 35.0 Å². The highest BCUT2D eigenvalue weighted by Gasteiger charge is 2.25. The molecule has 1 amide bonds. The molecule has 1 atom stereocenters. The summed E-state index contributed by atoms with van der Waals surface area (Å²) in [7, 11) is 0. The second-order valence-electron chi connectivity index (χ2n) is 5.46. The van der Waals surface area contributed by atoms with Crippen molar-refractivity contribution in [2.45, 2.75) is 25.5 Å². The Balaban J connectivity index is 1.32. The van der Waals surface area contributed by atoms with E-state index in [1.54, 1.807) is 12.5 Å². The molecule has 2 aromatic rings. The molecule has 0 spiro atoms. The maximum absolute atomic E-state index is 12.1. The average molecular weight is 315 g/mol. The number of nitrogens with zero attached hydrogens (tertiary/aromatic N) is 2. The zero-order chi connectivity index (χ0) is 15.9. The van der Waals surface area contributed by atoms with Crippen LogP contribution in [0.2, 0.25) is 0 Å². The SMILES string of the molecule is O=C(NCCOCCn1ccnc1)[C@@H]1CCc2ccccc2O1. The minimum atomic E-state index is -0.407. The summed E-state index contributed by atoms with van der Waals surface area (Å²) in [6.45, 7) is 2.34. The van der Waals surface area contributed by atoms with Gasteiger partial charge in [0.15, 0.2) is 6.10 Å². The summed E-state index contributed by atoms with van der Waals surface area (Å²) in [5.74, 6) is 0.744. The third-order valence-corrected chi connectivity index (χ3v) is 3.81. The van der Waals surface area contributed by atoms with Gasteiger partial charge in [0, 0.05) is 25.5 Å². The molecular weight excluding hydrogens is 294 g/mol. The van der Waals surface area contributed by atoms with Crippen molar-refractivity contribution in [3.63, 3.8) is 0 Å². The molecule has 1 N–H and O–H groups in total. The normalized spacial score (nSPS) is 16.4. The van der Waals surface area contributed by atoms with E-state index >= 15 is 0 Å². The Morgan fingerprint density at radius 1 is 1.39 bits per heavy atom. The fraction of sp³-hybridized carbons (Fsp3) is 0.412. The van der Waals surface area contributed by atoms with Crippen LogP contribution in [0.3, 0.4) is 0 Å². The number of ether oxygens (including phenoxy) is 2. The van der Waals surface area contributed by atoms with E-state index in [1.165, 1.54) is 5.56 Å². The number of hydrogen-bond donors (Lipinski definition) is 1. The maximum Gasteiger partial charge on any atom is 0.261 e. The predicted octanol–water partition coefficient (Wildman–Crippen LogP) is 1.41. The van der Waals surface area contributed by atoms with Gasteiger partial charge < -0.3 is 19.4 Å². The number of imidazole rings is 1. The lowest BCUT2D eigenvalue weighted by molar-refractivity contribution is -0.128. The predicted molar refractivity (Wildman–Crippen MR) is 85.2 cm³/mol. The van der Waals surface area contributed by atoms with Crippen molar-refractivity contribution in [2.24, 2.45) is 0 Å². The van der Waals surface area contributed by atoms with Gasteiger partial charge in [0.25, 0.3) is 5.91 Å². The maximum atomic E-state index is 12.1. The lowest BCUT2D eigenvalue weighted by Crippen LogP contribution is -2.41. The standard InChI is InChI=1S/C17H21N3O3/c21-17(16-6-5-14-3-1-2-4-15(14)23-16)19-8-11-22-12-10-20-9-7-18-13-20/h1-4,7,9,13,16H,5-6,8,10-12H2,(H,19,21)/t16-/m0/s1. The van der Waals surface area contributed by atoms with Gasteiger partial charge in [0.05, 0.1) is 19.5 Å². The fourth-order valence-electron chi connectivity index (χ4n) is 2.56. The first-order valence-electron chi connectivity index (χ1n) is 7.89. The fourth-order valence-corrected chi connectivity index (χ4v) is 2.56. The molecule has 0 bridgehead atoms. The Morgan fingerprint density at radius 2 is 2.30 bits per heavy atom. The second-order valence-corrected chi connectivity index (χ2v) is 5.46. The van der Waals surface area contributed by atoms with Crippen LogP contribution in [0.4, 0.5) is 0 Å². The minimum Gasteiger partial charge on any atom is -0.480 e. The Morgan fingerprint density at radius 3 is 3.17 bits per heavy atom. The first kappa shape index (κ1) is 15.6. The first-order valence-corrected chi connectivity index (χ1v) is 7.89. The monoisotopic (exact) mass is 315 g/mol. The van der Waals surface area contributed by atoms with Crippen LogP contribution in [0.1, 0.15) is 12.0 Å². The highest BCUT2D eigenvalue weighted by Crippen LogP contribution is 2.26. The van der Waals surface area contributed by atoms with E-state index in [4.69, 9.17) is 9.47 Å². The number of nitrogens with one attached hydrogen (secondary N) is 1. The van der Waals surface area contributed by atoms with E-state index < -0.39 is 6.10 Å². The Hall–Kier alpha value is -2.34. The van der Waals surface area contributed by atoms with Gasteiger partial charge in [-0.05, 0) is 24.5 Å². The van der Waals surface area contributed by atoms with Crippen molar-refractivity contribution >= 4 is 5.91 Å². The molecule has 1 aromatic heterocycles. The summed E-state index contributed by atoms with van der Waals surface area (Å²) in [5.41, 5.74) is 1.17. The molecule has 2 heterocycles. The topological polar surface area (TPSA) is 65.4 Å². The van der Waals surface area contributed by atoms with Crippen LogP contribution in [-0.4, -0.2) is 41.3 Å². The van der Waals surface area contributed by atoms with Crippen molar-refractivity contribution in [1.82, 2.24) is 14.9 Å². The Labute approximate surface area is 135 Å². The van der Waals surface area contributed by atoms with Crippen molar-refractivity contribution in [3.05, 3.63) is 48.5 Å². The number of aromatic nitrogens is 2. The van der Waals surface area contributed by atoms with Crippen LogP contribution in [0, 0.1) is 0 Å². The number of carbonyl (C=O) groups excluding carboxylic acids is 1. The van der Waals surface area contributed by atoms with Crippen molar-refractivity contribution in [2.75, 3.05) is 19.8 Å². The third kappa shape index (κ3) is 4.32. The first-order chi connectivity index (χ1) is 11.3. The lowest BCUT2D eigenvalue weighted by atomic mass is 10.0. The summed E-state index contributed by atoms with van der Waals surface area (Å²) >= 11 is 0. The zero-order valence-corrected chi connectivity index (χ0v) is 13.0.